The van der Waals surface area contributed by atoms with Crippen molar-refractivity contribution < 1.29 is 22.3 Å². The van der Waals surface area contributed by atoms with Gasteiger partial charge in [-0.1, -0.05) is 13.3 Å². The maximum Gasteiger partial charge on any atom is 0.395 e. The van der Waals surface area contributed by atoms with Crippen LogP contribution in [0.3, 0.4) is 0 Å². The predicted molar refractivity (Wildman–Crippen MR) is 96.8 cm³/mol. The zero-order chi connectivity index (χ0) is 19.5. The summed E-state index contributed by atoms with van der Waals surface area (Å²) in [6.45, 7) is 1.46. The third-order valence-corrected chi connectivity index (χ3v) is 4.67. The van der Waals surface area contributed by atoms with E-state index in [-0.39, 0.29) is 35.7 Å². The highest BCUT2D eigenvalue weighted by Gasteiger charge is 2.41. The Morgan fingerprint density at radius 3 is 2.58 bits per heavy atom. The first-order chi connectivity index (χ1) is 12.1. The van der Waals surface area contributed by atoms with Crippen molar-refractivity contribution in [3.63, 3.8) is 0 Å². The molecule has 2 unspecified atom stereocenters. The maximum atomic E-state index is 13.9. The van der Waals surface area contributed by atoms with Gasteiger partial charge in [-0.2, -0.15) is 13.2 Å². The highest BCUT2D eigenvalue weighted by molar-refractivity contribution is 7.28. The van der Waals surface area contributed by atoms with E-state index in [0.29, 0.717) is 17.4 Å². The highest BCUT2D eigenvalue weighted by atomic mass is 31.0. The molecule has 0 radical (unpaired) electrons. The molecule has 0 saturated carbocycles. The normalized spacial score (nSPS) is 12.8. The molecule has 0 amide bonds. The lowest BCUT2D eigenvalue weighted by atomic mass is 9.94. The van der Waals surface area contributed by atoms with Crippen molar-refractivity contribution in [1.82, 2.24) is 4.98 Å². The predicted octanol–water partition coefficient (Wildman–Crippen LogP) is 3.91. The Morgan fingerprint density at radius 1 is 1.27 bits per heavy atom. The molecule has 2 aromatic rings. The Bertz CT molecular complexity index is 783. The lowest BCUT2D eigenvalue weighted by Gasteiger charge is -2.21. The van der Waals surface area contributed by atoms with E-state index in [2.05, 4.69) is 14.2 Å². The minimum Gasteiger partial charge on any atom is -0.487 e. The Morgan fingerprint density at radius 2 is 1.96 bits per heavy atom. The lowest BCUT2D eigenvalue weighted by molar-refractivity contribution is -0.151. The van der Waals surface area contributed by atoms with Crippen LogP contribution in [-0.2, 0) is 6.61 Å². The molecule has 0 bridgehead atoms. The van der Waals surface area contributed by atoms with Crippen molar-refractivity contribution in [2.24, 2.45) is 0 Å². The van der Waals surface area contributed by atoms with Gasteiger partial charge in [0.15, 0.2) is 0 Å². The summed E-state index contributed by atoms with van der Waals surface area (Å²) < 4.78 is 59.3. The van der Waals surface area contributed by atoms with Gasteiger partial charge in [-0.3, -0.25) is 0 Å². The molecule has 1 heterocycles. The van der Waals surface area contributed by atoms with Crippen LogP contribution in [0.4, 0.5) is 29.1 Å². The van der Waals surface area contributed by atoms with Gasteiger partial charge in [0.1, 0.15) is 24.0 Å². The molecule has 26 heavy (non-hydrogen) atoms. The van der Waals surface area contributed by atoms with Gasteiger partial charge < -0.3 is 16.2 Å². The van der Waals surface area contributed by atoms with Crippen molar-refractivity contribution in [3.8, 4) is 5.75 Å². The van der Waals surface area contributed by atoms with E-state index in [1.807, 2.05) is 0 Å². The summed E-state index contributed by atoms with van der Waals surface area (Å²) in [5.74, 6) is -2.38. The minimum absolute atomic E-state index is 0.0748. The van der Waals surface area contributed by atoms with Crippen LogP contribution in [0.15, 0.2) is 24.4 Å². The maximum absolute atomic E-state index is 13.9. The van der Waals surface area contributed by atoms with E-state index < -0.39 is 17.9 Å². The van der Waals surface area contributed by atoms with E-state index >= 15 is 0 Å². The smallest absolute Gasteiger partial charge is 0.395 e. The quantitative estimate of drug-likeness (QED) is 0.446. The summed E-state index contributed by atoms with van der Waals surface area (Å²) >= 11 is 0. The van der Waals surface area contributed by atoms with Crippen LogP contribution in [0.5, 0.6) is 5.75 Å². The topological polar surface area (TPSA) is 74.2 Å². The molecule has 4 nitrogen and oxygen atoms in total. The van der Waals surface area contributed by atoms with Crippen LogP contribution in [0, 0.1) is 5.82 Å². The molecular formula is C17H20F4N3OP. The number of rotatable bonds is 6. The summed E-state index contributed by atoms with van der Waals surface area (Å²) in [4.78, 5) is 3.80. The monoisotopic (exact) mass is 389 g/mol. The average Bonchev–Trinajstić information content (AvgIpc) is 2.57. The second-order valence-corrected chi connectivity index (χ2v) is 6.42. The standard InChI is InChI=1S/C17H20F4N3OP/c1-2-3-12(17(19,20)21)10-6-9(7-24-16(10)23)25-8-11-13(18)4-5-14(22)15(11)26/h4-7,12H,2-3,8,22,26H2,1H3,(H2,23,24). The molecule has 0 aliphatic carbocycles. The molecule has 1 aromatic heterocycles. The fourth-order valence-electron chi connectivity index (χ4n) is 2.57. The number of nitrogens with two attached hydrogens (primary N) is 2. The van der Waals surface area contributed by atoms with Crippen molar-refractivity contribution in [3.05, 3.63) is 41.3 Å². The van der Waals surface area contributed by atoms with Crippen LogP contribution in [0.25, 0.3) is 0 Å². The SMILES string of the molecule is CCCC(c1cc(OCc2c(F)ccc(N)c2P)cnc1N)C(F)(F)F. The molecular weight excluding hydrogens is 369 g/mol. The molecule has 2 atom stereocenters. The molecule has 0 aliphatic rings. The third kappa shape index (κ3) is 4.55. The Labute approximate surface area is 151 Å². The van der Waals surface area contributed by atoms with Crippen LogP contribution >= 0.6 is 9.24 Å². The number of nitrogen functional groups attached to an aromatic ring is 2. The summed E-state index contributed by atoms with van der Waals surface area (Å²) in [6.07, 6.45) is -3.01. The van der Waals surface area contributed by atoms with Gasteiger partial charge in [0, 0.05) is 22.1 Å². The first-order valence-corrected chi connectivity index (χ1v) is 8.50. The van der Waals surface area contributed by atoms with Gasteiger partial charge in [-0.05, 0) is 24.6 Å². The van der Waals surface area contributed by atoms with Crippen molar-refractivity contribution >= 4 is 26.0 Å². The number of nitrogens with zero attached hydrogens (tertiary/aromatic N) is 1. The van der Waals surface area contributed by atoms with E-state index in [9.17, 15) is 17.6 Å². The van der Waals surface area contributed by atoms with E-state index in [4.69, 9.17) is 16.2 Å². The van der Waals surface area contributed by atoms with Crippen LogP contribution in [0.2, 0.25) is 0 Å². The Hall–Kier alpha value is -2.08. The minimum atomic E-state index is -4.45. The molecule has 0 saturated heterocycles. The number of ether oxygens (including phenoxy) is 1. The molecule has 9 heteroatoms. The number of pyridine rings is 1. The molecule has 1 aromatic carbocycles. The number of anilines is 2. The second-order valence-electron chi connectivity index (χ2n) is 5.85. The van der Waals surface area contributed by atoms with Gasteiger partial charge in [0.05, 0.1) is 12.1 Å². The van der Waals surface area contributed by atoms with Gasteiger partial charge in [-0.25, -0.2) is 9.37 Å². The number of halogens is 4. The Balaban J connectivity index is 2.29. The Kier molecular flexibility index (Phi) is 6.29. The van der Waals surface area contributed by atoms with E-state index in [1.165, 1.54) is 24.4 Å². The fourth-order valence-corrected chi connectivity index (χ4v) is 2.89. The summed E-state index contributed by atoms with van der Waals surface area (Å²) in [5, 5.41) is 0.438. The summed E-state index contributed by atoms with van der Waals surface area (Å²) in [5.41, 5.74) is 11.8. The van der Waals surface area contributed by atoms with E-state index in [1.54, 1.807) is 6.92 Å². The summed E-state index contributed by atoms with van der Waals surface area (Å²) in [7, 11) is 2.32. The highest BCUT2D eigenvalue weighted by Crippen LogP contribution is 2.41. The van der Waals surface area contributed by atoms with Crippen molar-refractivity contribution in [1.29, 1.82) is 0 Å². The van der Waals surface area contributed by atoms with Gasteiger partial charge in [0.2, 0.25) is 0 Å². The van der Waals surface area contributed by atoms with Gasteiger partial charge >= 0.3 is 6.18 Å². The zero-order valence-electron chi connectivity index (χ0n) is 14.1. The summed E-state index contributed by atoms with van der Waals surface area (Å²) in [6, 6.07) is 3.83. The first kappa shape index (κ1) is 20.2. The number of aromatic nitrogens is 1. The first-order valence-electron chi connectivity index (χ1n) is 7.92. The molecule has 142 valence electrons. The largest absolute Gasteiger partial charge is 0.487 e. The van der Waals surface area contributed by atoms with Crippen molar-refractivity contribution in [2.45, 2.75) is 38.5 Å². The second kappa shape index (κ2) is 8.08. The number of alkyl halides is 3. The third-order valence-electron chi connectivity index (χ3n) is 3.99. The molecule has 0 aliphatic heterocycles. The fraction of sp³-hybridized carbons (Fsp3) is 0.353. The van der Waals surface area contributed by atoms with Crippen molar-refractivity contribution in [2.75, 3.05) is 11.5 Å². The molecule has 2 rings (SSSR count). The average molecular weight is 389 g/mol. The number of benzene rings is 1. The molecule has 0 spiro atoms. The number of hydrogen-bond donors (Lipinski definition) is 2. The molecule has 0 fully saturated rings. The van der Waals surface area contributed by atoms with Gasteiger partial charge in [-0.15, -0.1) is 9.24 Å². The van der Waals surface area contributed by atoms with Crippen LogP contribution in [0.1, 0.15) is 36.8 Å². The van der Waals surface area contributed by atoms with E-state index in [0.717, 1.165) is 0 Å². The lowest BCUT2D eigenvalue weighted by Crippen LogP contribution is -2.22. The van der Waals surface area contributed by atoms with Gasteiger partial charge in [0.25, 0.3) is 0 Å². The van der Waals surface area contributed by atoms with Crippen LogP contribution in [-0.4, -0.2) is 11.2 Å². The van der Waals surface area contributed by atoms with Crippen LogP contribution < -0.4 is 21.5 Å². The number of hydrogen-bond acceptors (Lipinski definition) is 4. The zero-order valence-corrected chi connectivity index (χ0v) is 15.3. The molecule has 4 N–H and O–H groups in total.